The minimum absolute atomic E-state index is 0.124. The molecule has 0 saturated carbocycles. The second-order valence-electron chi connectivity index (χ2n) is 6.22. The van der Waals surface area contributed by atoms with E-state index in [0.717, 1.165) is 23.5 Å². The summed E-state index contributed by atoms with van der Waals surface area (Å²) in [4.78, 5) is 30.3. The van der Waals surface area contributed by atoms with Crippen LogP contribution in [0.4, 0.5) is 4.79 Å². The summed E-state index contributed by atoms with van der Waals surface area (Å²) in [5.74, 6) is -0.162. The fourth-order valence-corrected chi connectivity index (χ4v) is 2.86. The summed E-state index contributed by atoms with van der Waals surface area (Å²) in [7, 11) is 1.64. The number of carbonyl (C=O) groups is 2. The van der Waals surface area contributed by atoms with Gasteiger partial charge in [0.15, 0.2) is 0 Å². The molecule has 1 rings (SSSR count). The van der Waals surface area contributed by atoms with Gasteiger partial charge in [0.2, 0.25) is 0 Å². The van der Waals surface area contributed by atoms with Crippen LogP contribution in [0, 0.1) is 0 Å². The number of hydrogen-bond donors (Lipinski definition) is 2. The van der Waals surface area contributed by atoms with E-state index >= 15 is 0 Å². The minimum Gasteiger partial charge on any atom is -0.464 e. The third-order valence-corrected chi connectivity index (χ3v) is 4.75. The molecule has 142 valence electrons. The normalized spacial score (nSPS) is 12.1. The standard InChI is InChI=1S/C17H29N3O4S/c1-5-6-9-24-16(22)14(7-8-21)19-17(23)20(4)10-13-11-25-15(18-13)12(2)3/h11-12,14,21H,5-10H2,1-4H3,(H,19,23). The van der Waals surface area contributed by atoms with Crippen molar-refractivity contribution in [2.24, 2.45) is 0 Å². The molecule has 0 bridgehead atoms. The van der Waals surface area contributed by atoms with Gasteiger partial charge in [-0.1, -0.05) is 27.2 Å². The number of ether oxygens (including phenoxy) is 1. The van der Waals surface area contributed by atoms with Gasteiger partial charge in [0.05, 0.1) is 23.9 Å². The molecule has 1 atom stereocenters. The van der Waals surface area contributed by atoms with E-state index in [1.807, 2.05) is 12.3 Å². The van der Waals surface area contributed by atoms with Gasteiger partial charge in [-0.2, -0.15) is 0 Å². The van der Waals surface area contributed by atoms with Crippen molar-refractivity contribution in [1.82, 2.24) is 15.2 Å². The number of aliphatic hydroxyl groups excluding tert-OH is 1. The highest BCUT2D eigenvalue weighted by Crippen LogP contribution is 2.19. The minimum atomic E-state index is -0.849. The molecule has 1 heterocycles. The first-order valence-corrected chi connectivity index (χ1v) is 9.50. The van der Waals surface area contributed by atoms with E-state index in [4.69, 9.17) is 9.84 Å². The van der Waals surface area contributed by atoms with Crippen LogP contribution in [-0.4, -0.2) is 53.3 Å². The molecule has 0 radical (unpaired) electrons. The van der Waals surface area contributed by atoms with Crippen LogP contribution < -0.4 is 5.32 Å². The lowest BCUT2D eigenvalue weighted by molar-refractivity contribution is -0.146. The summed E-state index contributed by atoms with van der Waals surface area (Å²) >= 11 is 1.57. The van der Waals surface area contributed by atoms with Crippen molar-refractivity contribution in [3.63, 3.8) is 0 Å². The Morgan fingerprint density at radius 1 is 1.44 bits per heavy atom. The van der Waals surface area contributed by atoms with Crippen LogP contribution in [0.15, 0.2) is 5.38 Å². The first-order chi connectivity index (χ1) is 11.9. The van der Waals surface area contributed by atoms with Gasteiger partial charge in [-0.25, -0.2) is 14.6 Å². The highest BCUT2D eigenvalue weighted by atomic mass is 32.1. The molecule has 0 aliphatic rings. The van der Waals surface area contributed by atoms with Crippen molar-refractivity contribution in [2.75, 3.05) is 20.3 Å². The SMILES string of the molecule is CCCCOC(=O)C(CCO)NC(=O)N(C)Cc1csc(C(C)C)n1. The molecule has 0 spiro atoms. The number of rotatable bonds is 10. The van der Waals surface area contributed by atoms with E-state index in [9.17, 15) is 9.59 Å². The molecule has 2 amide bonds. The lowest BCUT2D eigenvalue weighted by Gasteiger charge is -2.21. The Hall–Kier alpha value is -1.67. The maximum atomic E-state index is 12.3. The Morgan fingerprint density at radius 3 is 2.72 bits per heavy atom. The number of aliphatic hydroxyl groups is 1. The summed E-state index contributed by atoms with van der Waals surface area (Å²) < 4.78 is 5.13. The lowest BCUT2D eigenvalue weighted by atomic mass is 10.2. The monoisotopic (exact) mass is 371 g/mol. The predicted molar refractivity (Wildman–Crippen MR) is 97.6 cm³/mol. The van der Waals surface area contributed by atoms with Crippen molar-refractivity contribution >= 4 is 23.3 Å². The Labute approximate surface area is 153 Å². The van der Waals surface area contributed by atoms with Crippen LogP contribution in [0.25, 0.3) is 0 Å². The number of esters is 1. The van der Waals surface area contributed by atoms with Crippen LogP contribution in [0.2, 0.25) is 0 Å². The van der Waals surface area contributed by atoms with E-state index in [-0.39, 0.29) is 13.0 Å². The molecular weight excluding hydrogens is 342 g/mol. The second kappa shape index (κ2) is 11.0. The van der Waals surface area contributed by atoms with Crippen LogP contribution in [-0.2, 0) is 16.1 Å². The number of carbonyl (C=O) groups excluding carboxylic acids is 2. The maximum absolute atomic E-state index is 12.3. The van der Waals surface area contributed by atoms with Crippen molar-refractivity contribution in [3.8, 4) is 0 Å². The Bertz CT molecular complexity index is 548. The van der Waals surface area contributed by atoms with Gasteiger partial charge in [0.1, 0.15) is 6.04 Å². The third-order valence-electron chi connectivity index (χ3n) is 3.55. The van der Waals surface area contributed by atoms with E-state index in [0.29, 0.717) is 19.1 Å². The van der Waals surface area contributed by atoms with Crippen LogP contribution in [0.3, 0.4) is 0 Å². The van der Waals surface area contributed by atoms with Gasteiger partial charge in [0.25, 0.3) is 0 Å². The zero-order chi connectivity index (χ0) is 18.8. The van der Waals surface area contributed by atoms with Gasteiger partial charge < -0.3 is 20.1 Å². The molecule has 0 aliphatic carbocycles. The average molecular weight is 372 g/mol. The number of thiazole rings is 1. The zero-order valence-electron chi connectivity index (χ0n) is 15.4. The molecule has 0 aromatic carbocycles. The van der Waals surface area contributed by atoms with E-state index in [1.165, 1.54) is 4.90 Å². The molecular formula is C17H29N3O4S. The number of urea groups is 1. The predicted octanol–water partition coefficient (Wildman–Crippen LogP) is 2.50. The third kappa shape index (κ3) is 7.39. The summed E-state index contributed by atoms with van der Waals surface area (Å²) in [5.41, 5.74) is 0.815. The number of nitrogens with zero attached hydrogens (tertiary/aromatic N) is 2. The fourth-order valence-electron chi connectivity index (χ4n) is 2.03. The second-order valence-corrected chi connectivity index (χ2v) is 7.11. The van der Waals surface area contributed by atoms with Crippen molar-refractivity contribution in [2.45, 2.75) is 58.5 Å². The Balaban J connectivity index is 2.57. The van der Waals surface area contributed by atoms with Crippen LogP contribution >= 0.6 is 11.3 Å². The summed E-state index contributed by atoms with van der Waals surface area (Å²) in [5, 5.41) is 14.7. The highest BCUT2D eigenvalue weighted by molar-refractivity contribution is 7.09. The highest BCUT2D eigenvalue weighted by Gasteiger charge is 2.23. The first kappa shape index (κ1) is 21.4. The fraction of sp³-hybridized carbons (Fsp3) is 0.706. The quantitative estimate of drug-likeness (QED) is 0.487. The topological polar surface area (TPSA) is 91.8 Å². The molecule has 0 aliphatic heterocycles. The molecule has 1 aromatic rings. The van der Waals surface area contributed by atoms with Crippen LogP contribution in [0.5, 0.6) is 0 Å². The van der Waals surface area contributed by atoms with E-state index < -0.39 is 18.0 Å². The van der Waals surface area contributed by atoms with Crippen LogP contribution in [0.1, 0.15) is 56.7 Å². The van der Waals surface area contributed by atoms with Crippen molar-refractivity contribution in [1.29, 1.82) is 0 Å². The first-order valence-electron chi connectivity index (χ1n) is 8.62. The molecule has 8 heteroatoms. The number of unbranched alkanes of at least 4 members (excludes halogenated alkanes) is 1. The molecule has 1 unspecified atom stereocenters. The zero-order valence-corrected chi connectivity index (χ0v) is 16.3. The summed E-state index contributed by atoms with van der Waals surface area (Å²) in [6.45, 7) is 6.61. The molecule has 0 fully saturated rings. The molecule has 7 nitrogen and oxygen atoms in total. The van der Waals surface area contributed by atoms with Gasteiger partial charge in [-0.05, 0) is 6.42 Å². The number of amides is 2. The van der Waals surface area contributed by atoms with Gasteiger partial charge in [0, 0.05) is 31.4 Å². The van der Waals surface area contributed by atoms with Gasteiger partial charge >= 0.3 is 12.0 Å². The van der Waals surface area contributed by atoms with Crippen molar-refractivity contribution in [3.05, 3.63) is 16.1 Å². The number of aromatic nitrogens is 1. The summed E-state index contributed by atoms with van der Waals surface area (Å²) in [6, 6.07) is -1.25. The molecule has 1 aromatic heterocycles. The van der Waals surface area contributed by atoms with Gasteiger partial charge in [-0.3, -0.25) is 0 Å². The average Bonchev–Trinajstić information content (AvgIpc) is 3.03. The smallest absolute Gasteiger partial charge is 0.328 e. The largest absolute Gasteiger partial charge is 0.464 e. The lowest BCUT2D eigenvalue weighted by Crippen LogP contribution is -2.47. The Kier molecular flexibility index (Phi) is 9.44. The molecule has 0 saturated heterocycles. The van der Waals surface area contributed by atoms with E-state index in [2.05, 4.69) is 24.1 Å². The molecule has 25 heavy (non-hydrogen) atoms. The van der Waals surface area contributed by atoms with Gasteiger partial charge in [-0.15, -0.1) is 11.3 Å². The number of hydrogen-bond acceptors (Lipinski definition) is 6. The maximum Gasteiger partial charge on any atom is 0.328 e. The Morgan fingerprint density at radius 2 is 2.16 bits per heavy atom. The molecule has 2 N–H and O–H groups in total. The summed E-state index contributed by atoms with van der Waals surface area (Å²) in [6.07, 6.45) is 1.81. The van der Waals surface area contributed by atoms with E-state index in [1.54, 1.807) is 18.4 Å². The van der Waals surface area contributed by atoms with Crippen molar-refractivity contribution < 1.29 is 19.4 Å². The number of nitrogens with one attached hydrogen (secondary N) is 1.